The first kappa shape index (κ1) is 13.5. The van der Waals surface area contributed by atoms with Crippen molar-refractivity contribution in [3.05, 3.63) is 19.8 Å². The molecule has 0 bridgehead atoms. The van der Waals surface area contributed by atoms with Crippen LogP contribution in [-0.4, -0.2) is 17.2 Å². The Hall–Kier alpha value is 0.390. The molecule has 2 N–H and O–H groups in total. The highest BCUT2D eigenvalue weighted by atomic mass is 79.9. The number of halogens is 2. The van der Waals surface area contributed by atoms with E-state index in [4.69, 9.17) is 11.6 Å². The van der Waals surface area contributed by atoms with E-state index < -0.39 is 6.10 Å². The molecule has 1 aromatic rings. The molecule has 1 atom stereocenters. The quantitative estimate of drug-likeness (QED) is 0.894. The maximum Gasteiger partial charge on any atom is 0.107 e. The fraction of sp³-hybridized carbons (Fsp3) is 0.600. The second-order valence-corrected chi connectivity index (χ2v) is 6.96. The standard InChI is InChI=1S/C10H15BrClNOS/c1-10(2,3)13-5-7(14)8-4-6(11)9(12)15-8/h4,7,13-14H,5H2,1-3H3. The molecule has 0 radical (unpaired) electrons. The number of aliphatic hydroxyl groups is 1. The van der Waals surface area contributed by atoms with Gasteiger partial charge in [-0.1, -0.05) is 11.6 Å². The molecule has 0 aliphatic rings. The van der Waals surface area contributed by atoms with E-state index in [0.717, 1.165) is 9.35 Å². The summed E-state index contributed by atoms with van der Waals surface area (Å²) in [5, 5.41) is 13.1. The molecule has 2 nitrogen and oxygen atoms in total. The van der Waals surface area contributed by atoms with Crippen molar-refractivity contribution >= 4 is 38.9 Å². The lowest BCUT2D eigenvalue weighted by atomic mass is 10.1. The van der Waals surface area contributed by atoms with Gasteiger partial charge in [0.1, 0.15) is 10.4 Å². The normalized spacial score (nSPS) is 14.3. The topological polar surface area (TPSA) is 32.3 Å². The summed E-state index contributed by atoms with van der Waals surface area (Å²) >= 11 is 10.6. The van der Waals surface area contributed by atoms with E-state index in [0.29, 0.717) is 10.9 Å². The van der Waals surface area contributed by atoms with E-state index in [-0.39, 0.29) is 5.54 Å². The van der Waals surface area contributed by atoms with Crippen molar-refractivity contribution in [3.8, 4) is 0 Å². The van der Waals surface area contributed by atoms with Crippen molar-refractivity contribution in [3.63, 3.8) is 0 Å². The monoisotopic (exact) mass is 311 g/mol. The Morgan fingerprint density at radius 1 is 1.60 bits per heavy atom. The van der Waals surface area contributed by atoms with E-state index in [9.17, 15) is 5.11 Å². The number of nitrogens with one attached hydrogen (secondary N) is 1. The fourth-order valence-corrected chi connectivity index (χ4v) is 2.75. The van der Waals surface area contributed by atoms with E-state index in [1.165, 1.54) is 11.3 Å². The lowest BCUT2D eigenvalue weighted by Gasteiger charge is -2.22. The van der Waals surface area contributed by atoms with Crippen LogP contribution in [0.15, 0.2) is 10.5 Å². The average molecular weight is 313 g/mol. The van der Waals surface area contributed by atoms with Crippen LogP contribution in [-0.2, 0) is 0 Å². The summed E-state index contributed by atoms with van der Waals surface area (Å²) in [4.78, 5) is 0.878. The number of aliphatic hydroxyl groups excluding tert-OH is 1. The van der Waals surface area contributed by atoms with Gasteiger partial charge in [0.2, 0.25) is 0 Å². The van der Waals surface area contributed by atoms with Crippen LogP contribution < -0.4 is 5.32 Å². The Morgan fingerprint density at radius 2 is 2.20 bits per heavy atom. The van der Waals surface area contributed by atoms with Crippen LogP contribution in [0, 0.1) is 0 Å². The van der Waals surface area contributed by atoms with Crippen LogP contribution in [0.2, 0.25) is 4.34 Å². The second kappa shape index (κ2) is 5.15. The Bertz CT molecular complexity index is 315. The molecule has 0 saturated carbocycles. The van der Waals surface area contributed by atoms with Gasteiger partial charge in [0.25, 0.3) is 0 Å². The molecule has 86 valence electrons. The molecule has 0 spiro atoms. The molecule has 0 aromatic carbocycles. The summed E-state index contributed by atoms with van der Waals surface area (Å²) in [5.41, 5.74) is 0.0132. The van der Waals surface area contributed by atoms with E-state index in [1.807, 2.05) is 6.07 Å². The minimum absolute atomic E-state index is 0.0132. The summed E-state index contributed by atoms with van der Waals surface area (Å²) in [7, 11) is 0. The average Bonchev–Trinajstić information content (AvgIpc) is 2.42. The van der Waals surface area contributed by atoms with Gasteiger partial charge in [0.05, 0.1) is 0 Å². The van der Waals surface area contributed by atoms with E-state index in [2.05, 4.69) is 42.0 Å². The molecular formula is C10H15BrClNOS. The number of thiophene rings is 1. The lowest BCUT2D eigenvalue weighted by Crippen LogP contribution is -2.38. The number of hydrogen-bond acceptors (Lipinski definition) is 3. The minimum atomic E-state index is -0.502. The van der Waals surface area contributed by atoms with Gasteiger partial charge < -0.3 is 10.4 Å². The maximum absolute atomic E-state index is 9.89. The molecule has 0 aliphatic carbocycles. The lowest BCUT2D eigenvalue weighted by molar-refractivity contribution is 0.167. The molecule has 0 aliphatic heterocycles. The zero-order valence-corrected chi connectivity index (χ0v) is 12.1. The first-order chi connectivity index (χ1) is 6.79. The number of β-amino-alcohol motifs (C(OH)–C–C–N with tert-alkyl or cyclic N) is 1. The van der Waals surface area contributed by atoms with Crippen molar-refractivity contribution in [2.45, 2.75) is 32.4 Å². The Kier molecular flexibility index (Phi) is 4.62. The molecule has 1 heterocycles. The molecule has 0 amide bonds. The third-order valence-electron chi connectivity index (χ3n) is 1.82. The van der Waals surface area contributed by atoms with Crippen molar-refractivity contribution in [1.82, 2.24) is 5.32 Å². The van der Waals surface area contributed by atoms with Gasteiger partial charge >= 0.3 is 0 Å². The van der Waals surface area contributed by atoms with Gasteiger partial charge in [-0.15, -0.1) is 11.3 Å². The first-order valence-electron chi connectivity index (χ1n) is 4.67. The molecule has 5 heteroatoms. The summed E-state index contributed by atoms with van der Waals surface area (Å²) in [6.07, 6.45) is -0.502. The van der Waals surface area contributed by atoms with Gasteiger partial charge in [0.15, 0.2) is 0 Å². The Morgan fingerprint density at radius 3 is 2.60 bits per heavy atom. The Balaban J connectivity index is 2.58. The summed E-state index contributed by atoms with van der Waals surface area (Å²) < 4.78 is 1.53. The van der Waals surface area contributed by atoms with Gasteiger partial charge in [0, 0.05) is 21.4 Å². The highest BCUT2D eigenvalue weighted by molar-refractivity contribution is 9.10. The third kappa shape index (κ3) is 4.41. The molecule has 1 rings (SSSR count). The second-order valence-electron chi connectivity index (χ2n) is 4.42. The van der Waals surface area contributed by atoms with Gasteiger partial charge in [-0.05, 0) is 42.8 Å². The van der Waals surface area contributed by atoms with Gasteiger partial charge in [-0.3, -0.25) is 0 Å². The highest BCUT2D eigenvalue weighted by Crippen LogP contribution is 2.35. The summed E-state index contributed by atoms with van der Waals surface area (Å²) in [6, 6.07) is 1.86. The molecule has 15 heavy (non-hydrogen) atoms. The Labute approximate surface area is 108 Å². The SMILES string of the molecule is CC(C)(C)NCC(O)c1cc(Br)c(Cl)s1. The molecular weight excluding hydrogens is 298 g/mol. The van der Waals surface area contributed by atoms with Crippen molar-refractivity contribution < 1.29 is 5.11 Å². The fourth-order valence-electron chi connectivity index (χ4n) is 1.03. The number of rotatable bonds is 3. The van der Waals surface area contributed by atoms with Crippen molar-refractivity contribution in [2.24, 2.45) is 0 Å². The smallest absolute Gasteiger partial charge is 0.107 e. The first-order valence-corrected chi connectivity index (χ1v) is 6.66. The van der Waals surface area contributed by atoms with Crippen LogP contribution in [0.1, 0.15) is 31.8 Å². The summed E-state index contributed by atoms with van der Waals surface area (Å²) in [5.74, 6) is 0. The van der Waals surface area contributed by atoms with Crippen molar-refractivity contribution in [1.29, 1.82) is 0 Å². The van der Waals surface area contributed by atoms with E-state index >= 15 is 0 Å². The molecule has 0 fully saturated rings. The van der Waals surface area contributed by atoms with Crippen LogP contribution in [0.25, 0.3) is 0 Å². The zero-order valence-electron chi connectivity index (χ0n) is 8.97. The summed E-state index contributed by atoms with van der Waals surface area (Å²) in [6.45, 7) is 6.73. The predicted molar refractivity (Wildman–Crippen MR) is 69.7 cm³/mol. The molecule has 0 saturated heterocycles. The highest BCUT2D eigenvalue weighted by Gasteiger charge is 2.16. The van der Waals surface area contributed by atoms with Crippen LogP contribution in [0.4, 0.5) is 0 Å². The van der Waals surface area contributed by atoms with Gasteiger partial charge in [-0.25, -0.2) is 0 Å². The van der Waals surface area contributed by atoms with E-state index in [1.54, 1.807) is 0 Å². The predicted octanol–water partition coefficient (Wildman–Crippen LogP) is 3.59. The minimum Gasteiger partial charge on any atom is -0.386 e. The third-order valence-corrected chi connectivity index (χ3v) is 4.39. The molecule has 1 unspecified atom stereocenters. The van der Waals surface area contributed by atoms with Crippen LogP contribution in [0.3, 0.4) is 0 Å². The van der Waals surface area contributed by atoms with Crippen LogP contribution in [0.5, 0.6) is 0 Å². The van der Waals surface area contributed by atoms with Crippen molar-refractivity contribution in [2.75, 3.05) is 6.54 Å². The number of hydrogen-bond donors (Lipinski definition) is 2. The maximum atomic E-state index is 9.89. The molecule has 1 aromatic heterocycles. The van der Waals surface area contributed by atoms with Gasteiger partial charge in [-0.2, -0.15) is 0 Å². The largest absolute Gasteiger partial charge is 0.386 e. The zero-order chi connectivity index (χ0) is 11.6. The van der Waals surface area contributed by atoms with Crippen LogP contribution >= 0.6 is 38.9 Å².